The Morgan fingerprint density at radius 3 is 2.24 bits per heavy atom. The first-order valence-electron chi connectivity index (χ1n) is 4.92. The van der Waals surface area contributed by atoms with Crippen molar-refractivity contribution in [3.63, 3.8) is 0 Å². The Bertz CT molecular complexity index is 297. The fraction of sp³-hybridized carbons (Fsp3) is 0.667. The van der Waals surface area contributed by atoms with Crippen LogP contribution in [0.3, 0.4) is 0 Å². The predicted octanol–water partition coefficient (Wildman–Crippen LogP) is -0.851. The van der Waals surface area contributed by atoms with Crippen LogP contribution in [-0.4, -0.2) is 59.7 Å². The Kier molecular flexibility index (Phi) is 7.52. The number of rotatable bonds is 9. The second kappa shape index (κ2) is 8.05. The van der Waals surface area contributed by atoms with Gasteiger partial charge in [-0.05, 0) is 0 Å². The Hall–Kier alpha value is -1.11. The molecule has 8 heteroatoms. The van der Waals surface area contributed by atoms with E-state index in [1.807, 2.05) is 0 Å². The first-order valence-corrected chi connectivity index (χ1v) is 7.40. The molecule has 1 atom stereocenters. The van der Waals surface area contributed by atoms with Crippen molar-refractivity contribution < 1.29 is 24.6 Å². The molecule has 0 aromatic rings. The fourth-order valence-electron chi connectivity index (χ4n) is 1.25. The van der Waals surface area contributed by atoms with Gasteiger partial charge in [-0.15, -0.1) is 0 Å². The van der Waals surface area contributed by atoms with E-state index in [0.29, 0.717) is 0 Å². The minimum atomic E-state index is -1.06. The van der Waals surface area contributed by atoms with E-state index in [2.05, 4.69) is 0 Å². The van der Waals surface area contributed by atoms with Crippen LogP contribution in [0.2, 0.25) is 5.82 Å². The summed E-state index contributed by atoms with van der Waals surface area (Å²) in [6.07, 6.45) is -0.0214. The Morgan fingerprint density at radius 2 is 1.88 bits per heavy atom. The van der Waals surface area contributed by atoms with E-state index in [1.54, 1.807) is 9.74 Å². The standard InChI is InChI=1S/C9H16N2O5Se/c1-17-11(5-4-8(13)14)6(9(15)16)2-3-7(10)12/h6H,2-5H2,1H3,(H2,10,12)(H,13,14)(H,15,16). The zero-order valence-electron chi connectivity index (χ0n) is 9.46. The van der Waals surface area contributed by atoms with Crippen LogP contribution in [0.5, 0.6) is 0 Å². The van der Waals surface area contributed by atoms with Crippen molar-refractivity contribution in [2.24, 2.45) is 5.73 Å². The summed E-state index contributed by atoms with van der Waals surface area (Å²) in [5.41, 5.74) is 4.97. The van der Waals surface area contributed by atoms with Gasteiger partial charge in [-0.2, -0.15) is 0 Å². The summed E-state index contributed by atoms with van der Waals surface area (Å²) < 4.78 is 1.58. The third kappa shape index (κ3) is 6.93. The molecule has 7 nitrogen and oxygen atoms in total. The van der Waals surface area contributed by atoms with Gasteiger partial charge in [-0.25, -0.2) is 0 Å². The van der Waals surface area contributed by atoms with Gasteiger partial charge in [-0.3, -0.25) is 0 Å². The number of hydrogen-bond acceptors (Lipinski definition) is 4. The first kappa shape index (κ1) is 15.9. The van der Waals surface area contributed by atoms with E-state index in [-0.39, 0.29) is 41.0 Å². The number of nitrogens with zero attached hydrogens (tertiary/aromatic N) is 1. The molecular formula is C9H16N2O5Se. The van der Waals surface area contributed by atoms with Gasteiger partial charge in [0.15, 0.2) is 0 Å². The maximum absolute atomic E-state index is 11.0. The van der Waals surface area contributed by atoms with Crippen molar-refractivity contribution in [3.8, 4) is 0 Å². The molecule has 1 unspecified atom stereocenters. The zero-order chi connectivity index (χ0) is 13.4. The molecule has 0 spiro atoms. The molecule has 0 saturated heterocycles. The second-order valence-corrected chi connectivity index (χ2v) is 5.08. The van der Waals surface area contributed by atoms with E-state index in [0.717, 1.165) is 0 Å². The molecule has 0 aromatic carbocycles. The van der Waals surface area contributed by atoms with Gasteiger partial charge in [-0.1, -0.05) is 0 Å². The number of nitrogens with two attached hydrogens (primary N) is 1. The average molecular weight is 311 g/mol. The summed E-state index contributed by atoms with van der Waals surface area (Å²) in [5.74, 6) is -0.786. The molecule has 0 aliphatic carbocycles. The quantitative estimate of drug-likeness (QED) is 0.477. The number of carbonyl (C=O) groups is 3. The number of carbonyl (C=O) groups excluding carboxylic acids is 1. The Morgan fingerprint density at radius 1 is 1.29 bits per heavy atom. The van der Waals surface area contributed by atoms with Crippen molar-refractivity contribution >= 4 is 33.0 Å². The summed E-state index contributed by atoms with van der Waals surface area (Å²) >= 11 is -0.143. The monoisotopic (exact) mass is 312 g/mol. The van der Waals surface area contributed by atoms with Crippen LogP contribution in [0.1, 0.15) is 19.3 Å². The summed E-state index contributed by atoms with van der Waals surface area (Å²) in [5, 5.41) is 17.6. The van der Waals surface area contributed by atoms with E-state index >= 15 is 0 Å². The number of hydrogen-bond donors (Lipinski definition) is 3. The van der Waals surface area contributed by atoms with Gasteiger partial charge >= 0.3 is 105 Å². The number of primary amides is 1. The SMILES string of the molecule is C[Se]N(CCC(=O)O)C(CCC(N)=O)C(=O)O. The molecule has 0 fully saturated rings. The van der Waals surface area contributed by atoms with E-state index in [4.69, 9.17) is 15.9 Å². The Labute approximate surface area is 105 Å². The summed E-state index contributed by atoms with van der Waals surface area (Å²) in [6.45, 7) is 0.168. The predicted molar refractivity (Wildman–Crippen MR) is 60.4 cm³/mol. The van der Waals surface area contributed by atoms with Crippen molar-refractivity contribution in [1.29, 1.82) is 0 Å². The van der Waals surface area contributed by atoms with Gasteiger partial charge in [0.05, 0.1) is 0 Å². The van der Waals surface area contributed by atoms with Crippen molar-refractivity contribution in [3.05, 3.63) is 0 Å². The first-order chi connectivity index (χ1) is 7.88. The topological polar surface area (TPSA) is 121 Å². The molecule has 0 aliphatic rings. The minimum absolute atomic E-state index is 0.0172. The van der Waals surface area contributed by atoms with Crippen LogP contribution < -0.4 is 5.73 Å². The molecule has 98 valence electrons. The number of aliphatic carboxylic acids is 2. The van der Waals surface area contributed by atoms with Gasteiger partial charge < -0.3 is 0 Å². The molecule has 0 saturated carbocycles. The van der Waals surface area contributed by atoms with Crippen LogP contribution >= 0.6 is 0 Å². The summed E-state index contributed by atoms with van der Waals surface area (Å²) in [4.78, 5) is 32.1. The molecule has 0 radical (unpaired) electrons. The van der Waals surface area contributed by atoms with Crippen LogP contribution in [0.4, 0.5) is 0 Å². The maximum atomic E-state index is 11.0. The summed E-state index contributed by atoms with van der Waals surface area (Å²) in [6, 6.07) is -0.841. The van der Waals surface area contributed by atoms with Crippen LogP contribution in [0.15, 0.2) is 0 Å². The van der Waals surface area contributed by atoms with Gasteiger partial charge in [0.2, 0.25) is 0 Å². The van der Waals surface area contributed by atoms with Gasteiger partial charge in [0.25, 0.3) is 0 Å². The number of amides is 1. The van der Waals surface area contributed by atoms with Crippen LogP contribution in [-0.2, 0) is 14.4 Å². The molecule has 0 aliphatic heterocycles. The molecule has 17 heavy (non-hydrogen) atoms. The van der Waals surface area contributed by atoms with E-state index in [1.165, 1.54) is 0 Å². The third-order valence-corrected chi connectivity index (χ3v) is 3.98. The van der Waals surface area contributed by atoms with Crippen molar-refractivity contribution in [2.45, 2.75) is 31.1 Å². The normalized spacial score (nSPS) is 12.4. The molecule has 0 aromatic heterocycles. The van der Waals surface area contributed by atoms with Crippen LogP contribution in [0, 0.1) is 0 Å². The molecule has 0 bridgehead atoms. The van der Waals surface area contributed by atoms with Gasteiger partial charge in [0.1, 0.15) is 0 Å². The third-order valence-electron chi connectivity index (χ3n) is 2.08. The number of carboxylic acid groups (broad SMARTS) is 2. The Balaban J connectivity index is 4.45. The molecular weight excluding hydrogens is 295 g/mol. The van der Waals surface area contributed by atoms with Crippen LogP contribution in [0.25, 0.3) is 0 Å². The second-order valence-electron chi connectivity index (χ2n) is 3.33. The average Bonchev–Trinajstić information content (AvgIpc) is 2.21. The molecule has 0 heterocycles. The molecule has 1 amide bonds. The van der Waals surface area contributed by atoms with E-state index in [9.17, 15) is 14.4 Å². The molecule has 4 N–H and O–H groups in total. The number of carboxylic acids is 2. The van der Waals surface area contributed by atoms with Crippen molar-refractivity contribution in [1.82, 2.24) is 3.92 Å². The van der Waals surface area contributed by atoms with Crippen molar-refractivity contribution in [2.75, 3.05) is 6.54 Å². The van der Waals surface area contributed by atoms with E-state index < -0.39 is 23.9 Å². The zero-order valence-corrected chi connectivity index (χ0v) is 11.2. The molecule has 0 rings (SSSR count). The van der Waals surface area contributed by atoms with Gasteiger partial charge in [0, 0.05) is 0 Å². The summed E-state index contributed by atoms with van der Waals surface area (Å²) in [7, 11) is 0. The fourth-order valence-corrected chi connectivity index (χ4v) is 2.77.